The van der Waals surface area contributed by atoms with Gasteiger partial charge in [-0.15, -0.1) is 6.58 Å². The molecule has 0 saturated heterocycles. The Kier molecular flexibility index (Phi) is 23.2. The zero-order valence-electron chi connectivity index (χ0n) is 13.7. The smallest absolute Gasteiger partial charge is 0.358 e. The second-order valence-electron chi connectivity index (χ2n) is 4.50. The Morgan fingerprint density at radius 2 is 1.43 bits per heavy atom. The number of aryl methyl sites for hydroxylation is 1. The van der Waals surface area contributed by atoms with E-state index in [0.29, 0.717) is 0 Å². The molecular weight excluding hydrogens is 419 g/mol. The van der Waals surface area contributed by atoms with Gasteiger partial charge in [0.2, 0.25) is 0 Å². The predicted octanol–water partition coefficient (Wildman–Crippen LogP) is 6.39. The number of allylic oxidation sites excluding steroid dienone is 1. The van der Waals surface area contributed by atoms with Crippen LogP contribution in [-0.4, -0.2) is 0 Å². The fraction of sp³-hybridized carbons (Fsp3) is 0.300. The second-order valence-corrected chi connectivity index (χ2v) is 4.50. The van der Waals surface area contributed by atoms with E-state index >= 15 is 0 Å². The van der Waals surface area contributed by atoms with Crippen LogP contribution >= 0.6 is 0 Å². The number of rotatable bonds is 7. The Balaban J connectivity index is -0.000000349. The molecule has 0 aliphatic rings. The van der Waals surface area contributed by atoms with Crippen molar-refractivity contribution in [1.82, 2.24) is 0 Å². The molecule has 0 saturated carbocycles. The molecule has 0 atom stereocenters. The fourth-order valence-corrected chi connectivity index (χ4v) is 1.87. The van der Waals surface area contributed by atoms with Gasteiger partial charge in [-0.05, 0) is 12.8 Å². The zero-order valence-corrected chi connectivity index (χ0v) is 17.3. The summed E-state index contributed by atoms with van der Waals surface area (Å²) < 4.78 is 0. The second kappa shape index (κ2) is 19.3. The maximum atomic E-state index is 3.72. The first-order chi connectivity index (χ1) is 8.93. The number of hydrogen-bond acceptors (Lipinski definition) is 0. The number of hydrogen-bond donors (Lipinski definition) is 0. The van der Waals surface area contributed by atoms with Crippen molar-refractivity contribution in [1.29, 1.82) is 0 Å². The molecular formula is C20H30Hf. The van der Waals surface area contributed by atoms with Crippen LogP contribution in [0.3, 0.4) is 0 Å². The van der Waals surface area contributed by atoms with Gasteiger partial charge < -0.3 is 14.9 Å². The maximum Gasteiger partial charge on any atom is 4.00 e. The van der Waals surface area contributed by atoms with Gasteiger partial charge in [0, 0.05) is 0 Å². The van der Waals surface area contributed by atoms with Crippen LogP contribution in [0.5, 0.6) is 0 Å². The van der Waals surface area contributed by atoms with E-state index in [1.165, 1.54) is 44.1 Å². The van der Waals surface area contributed by atoms with Crippen LogP contribution in [0.15, 0.2) is 67.3 Å². The van der Waals surface area contributed by atoms with E-state index in [2.05, 4.69) is 30.8 Å². The van der Waals surface area contributed by atoms with E-state index in [9.17, 15) is 0 Å². The molecule has 0 N–H and O–H groups in total. The van der Waals surface area contributed by atoms with Crippen LogP contribution in [0, 0.1) is 14.9 Å². The molecule has 2 rings (SSSR count). The third kappa shape index (κ3) is 15.5. The zero-order chi connectivity index (χ0) is 12.9. The topological polar surface area (TPSA) is 0 Å². The Bertz CT molecular complexity index is 339. The molecule has 0 fully saturated rings. The van der Waals surface area contributed by atoms with Crippen LogP contribution < -0.4 is 0 Å². The standard InChI is InChI=1S/C13H19.C5H5.2CH3.Hf/c1-2-3-4-5-6-7-10-13-11-8-9-12-13;1-2-4-5-3-1;;;/h2,8-9,11-12H,1,3-7,10H2;1-5H;2*1H3;/q4*-1;+4. The Morgan fingerprint density at radius 3 is 1.90 bits per heavy atom. The van der Waals surface area contributed by atoms with Crippen LogP contribution in [-0.2, 0) is 32.3 Å². The van der Waals surface area contributed by atoms with Crippen LogP contribution in [0.25, 0.3) is 0 Å². The van der Waals surface area contributed by atoms with Gasteiger partial charge in [0.1, 0.15) is 0 Å². The normalized spacial score (nSPS) is 8.19. The number of unbranched alkanes of at least 4 members (excludes halogenated alkanes) is 4. The molecule has 1 heteroatoms. The monoisotopic (exact) mass is 450 g/mol. The minimum Gasteiger partial charge on any atom is -0.358 e. The molecule has 0 amide bonds. The van der Waals surface area contributed by atoms with Crippen molar-refractivity contribution in [3.8, 4) is 0 Å². The van der Waals surface area contributed by atoms with E-state index in [1.54, 1.807) is 0 Å². The summed E-state index contributed by atoms with van der Waals surface area (Å²) in [6, 6.07) is 18.7. The summed E-state index contributed by atoms with van der Waals surface area (Å²) in [5, 5.41) is 0. The van der Waals surface area contributed by atoms with Crippen LogP contribution in [0.2, 0.25) is 0 Å². The summed E-state index contributed by atoms with van der Waals surface area (Å²) in [4.78, 5) is 0. The minimum absolute atomic E-state index is 0. The van der Waals surface area contributed by atoms with Crippen molar-refractivity contribution < 1.29 is 25.8 Å². The van der Waals surface area contributed by atoms with Crippen molar-refractivity contribution in [2.45, 2.75) is 38.5 Å². The summed E-state index contributed by atoms with van der Waals surface area (Å²) in [6.45, 7) is 3.72. The van der Waals surface area contributed by atoms with E-state index in [0.717, 1.165) is 0 Å². The van der Waals surface area contributed by atoms with E-state index in [4.69, 9.17) is 0 Å². The first-order valence-electron chi connectivity index (χ1n) is 6.91. The molecule has 0 heterocycles. The summed E-state index contributed by atoms with van der Waals surface area (Å²) in [6.07, 6.45) is 9.80. The third-order valence-electron chi connectivity index (χ3n) is 2.91. The van der Waals surface area contributed by atoms with Gasteiger partial charge in [0.05, 0.1) is 0 Å². The van der Waals surface area contributed by atoms with E-state index in [1.807, 2.05) is 36.4 Å². The van der Waals surface area contributed by atoms with Crippen molar-refractivity contribution in [2.24, 2.45) is 0 Å². The molecule has 0 aliphatic heterocycles. The maximum absolute atomic E-state index is 3.72. The molecule has 0 aromatic heterocycles. The van der Waals surface area contributed by atoms with Crippen molar-refractivity contribution in [2.75, 3.05) is 0 Å². The van der Waals surface area contributed by atoms with Crippen molar-refractivity contribution >= 4 is 0 Å². The first-order valence-corrected chi connectivity index (χ1v) is 6.91. The van der Waals surface area contributed by atoms with Crippen molar-refractivity contribution in [3.63, 3.8) is 0 Å². The Labute approximate surface area is 151 Å². The van der Waals surface area contributed by atoms with Crippen LogP contribution in [0.4, 0.5) is 0 Å². The molecule has 2 aromatic carbocycles. The third-order valence-corrected chi connectivity index (χ3v) is 2.91. The Hall–Kier alpha value is -0.690. The SMILES string of the molecule is C=CCCCCCC[c-]1cccc1.[CH3-].[CH3-].[Hf+4].c1cc[cH-]c1. The molecule has 0 radical (unpaired) electrons. The molecule has 21 heavy (non-hydrogen) atoms. The fourth-order valence-electron chi connectivity index (χ4n) is 1.87. The Morgan fingerprint density at radius 1 is 0.857 bits per heavy atom. The van der Waals surface area contributed by atoms with Gasteiger partial charge in [-0.2, -0.15) is 35.9 Å². The van der Waals surface area contributed by atoms with Gasteiger partial charge >= 0.3 is 25.8 Å². The quantitative estimate of drug-likeness (QED) is 0.199. The van der Waals surface area contributed by atoms with Crippen molar-refractivity contribution in [3.05, 3.63) is 87.7 Å². The molecule has 0 bridgehead atoms. The minimum atomic E-state index is 0. The van der Waals surface area contributed by atoms with Gasteiger partial charge in [-0.25, -0.2) is 24.3 Å². The summed E-state index contributed by atoms with van der Waals surface area (Å²) in [5.41, 5.74) is 1.49. The van der Waals surface area contributed by atoms with Gasteiger partial charge in [0.25, 0.3) is 0 Å². The van der Waals surface area contributed by atoms with E-state index in [-0.39, 0.29) is 40.7 Å². The summed E-state index contributed by atoms with van der Waals surface area (Å²) in [7, 11) is 0. The summed E-state index contributed by atoms with van der Waals surface area (Å²) >= 11 is 0. The molecule has 0 aliphatic carbocycles. The van der Waals surface area contributed by atoms with E-state index < -0.39 is 0 Å². The molecule has 114 valence electrons. The van der Waals surface area contributed by atoms with Crippen LogP contribution in [0.1, 0.15) is 37.7 Å². The average molecular weight is 449 g/mol. The largest absolute Gasteiger partial charge is 4.00 e. The summed E-state index contributed by atoms with van der Waals surface area (Å²) in [5.74, 6) is 0. The molecule has 0 unspecified atom stereocenters. The van der Waals surface area contributed by atoms with Gasteiger partial charge in [0.15, 0.2) is 0 Å². The molecule has 0 spiro atoms. The van der Waals surface area contributed by atoms with Gasteiger partial charge in [-0.1, -0.05) is 31.8 Å². The first kappa shape index (κ1) is 25.3. The average Bonchev–Trinajstić information content (AvgIpc) is 3.07. The van der Waals surface area contributed by atoms with Gasteiger partial charge in [-0.3, -0.25) is 0 Å². The molecule has 2 aromatic rings. The predicted molar refractivity (Wildman–Crippen MR) is 93.9 cm³/mol. The molecule has 0 nitrogen and oxygen atoms in total.